The average molecular weight is 326 g/mol. The molecule has 0 spiro atoms. The van der Waals surface area contributed by atoms with Gasteiger partial charge in [0.1, 0.15) is 5.82 Å². The summed E-state index contributed by atoms with van der Waals surface area (Å²) in [5.74, 6) is -1.13. The molecule has 1 aliphatic rings. The van der Waals surface area contributed by atoms with Gasteiger partial charge in [0.15, 0.2) is 0 Å². The fraction of sp³-hybridized carbons (Fsp3) is 0.500. The number of hydrogen-bond donors (Lipinski definition) is 1. The molecule has 1 saturated heterocycles. The number of alkyl halides is 3. The number of rotatable bonds is 2. The smallest absolute Gasteiger partial charge is 0.312 e. The van der Waals surface area contributed by atoms with Gasteiger partial charge in [0.05, 0.1) is 10.5 Å². The summed E-state index contributed by atoms with van der Waals surface area (Å²) in [5.41, 5.74) is -1.48. The van der Waals surface area contributed by atoms with Crippen molar-refractivity contribution in [3.8, 4) is 0 Å². The number of halogens is 4. The summed E-state index contributed by atoms with van der Waals surface area (Å²) >= 11 is 0. The molecule has 1 atom stereocenters. The molecule has 2 rings (SSSR count). The molecule has 1 unspecified atom stereocenters. The molecule has 1 aromatic carbocycles. The van der Waals surface area contributed by atoms with Gasteiger partial charge in [-0.25, -0.2) is 12.8 Å². The van der Waals surface area contributed by atoms with E-state index in [1.165, 1.54) is 0 Å². The van der Waals surface area contributed by atoms with Gasteiger partial charge in [-0.3, -0.25) is 0 Å². The Morgan fingerprint density at radius 2 is 2.00 bits per heavy atom. The predicted octanol–water partition coefficient (Wildman–Crippen LogP) is 1.83. The van der Waals surface area contributed by atoms with Crippen molar-refractivity contribution < 1.29 is 26.0 Å². The van der Waals surface area contributed by atoms with E-state index in [9.17, 15) is 26.0 Å². The fourth-order valence-electron chi connectivity index (χ4n) is 2.20. The van der Waals surface area contributed by atoms with Crippen LogP contribution in [0.3, 0.4) is 0 Å². The Kier molecular flexibility index (Phi) is 4.27. The lowest BCUT2D eigenvalue weighted by atomic mass is 10.2. The average Bonchev–Trinajstić information content (AvgIpc) is 2.37. The molecule has 4 nitrogen and oxygen atoms in total. The molecule has 0 amide bonds. The summed E-state index contributed by atoms with van der Waals surface area (Å²) in [6.45, 7) is 2.22. The molecule has 0 saturated carbocycles. The van der Waals surface area contributed by atoms with Gasteiger partial charge in [-0.1, -0.05) is 0 Å². The van der Waals surface area contributed by atoms with E-state index in [0.717, 1.165) is 4.31 Å². The van der Waals surface area contributed by atoms with Crippen LogP contribution in [0.1, 0.15) is 12.5 Å². The predicted molar refractivity (Wildman–Crippen MR) is 67.6 cm³/mol. The van der Waals surface area contributed by atoms with Crippen molar-refractivity contribution in [1.29, 1.82) is 0 Å². The van der Waals surface area contributed by atoms with E-state index < -0.39 is 32.5 Å². The molecule has 0 bridgehead atoms. The first-order chi connectivity index (χ1) is 9.62. The Morgan fingerprint density at radius 3 is 2.57 bits per heavy atom. The molecule has 0 aliphatic carbocycles. The number of nitrogens with zero attached hydrogens (tertiary/aromatic N) is 1. The Labute approximate surface area is 119 Å². The Hall–Kier alpha value is -1.19. The first-order valence-electron chi connectivity index (χ1n) is 6.22. The Bertz CT molecular complexity index is 631. The lowest BCUT2D eigenvalue weighted by Crippen LogP contribution is -2.51. The van der Waals surface area contributed by atoms with Crippen LogP contribution < -0.4 is 5.32 Å². The monoisotopic (exact) mass is 326 g/mol. The molecule has 0 aromatic heterocycles. The maximum atomic E-state index is 13.1. The Morgan fingerprint density at radius 1 is 1.33 bits per heavy atom. The van der Waals surface area contributed by atoms with Crippen LogP contribution in [-0.2, 0) is 16.2 Å². The lowest BCUT2D eigenvalue weighted by molar-refractivity contribution is -0.140. The van der Waals surface area contributed by atoms with E-state index in [0.29, 0.717) is 18.7 Å². The minimum Gasteiger partial charge on any atom is -0.312 e. The molecule has 9 heteroatoms. The maximum absolute atomic E-state index is 13.1. The summed E-state index contributed by atoms with van der Waals surface area (Å²) in [6.07, 6.45) is -4.94. The van der Waals surface area contributed by atoms with E-state index in [1.807, 2.05) is 0 Å². The zero-order valence-electron chi connectivity index (χ0n) is 11.1. The fourth-order valence-corrected chi connectivity index (χ4v) is 3.93. The van der Waals surface area contributed by atoms with Crippen molar-refractivity contribution in [3.63, 3.8) is 0 Å². The van der Waals surface area contributed by atoms with Crippen molar-refractivity contribution in [1.82, 2.24) is 9.62 Å². The maximum Gasteiger partial charge on any atom is 0.417 e. The number of benzene rings is 1. The van der Waals surface area contributed by atoms with Crippen LogP contribution in [0.15, 0.2) is 23.1 Å². The van der Waals surface area contributed by atoms with E-state index in [2.05, 4.69) is 5.32 Å². The van der Waals surface area contributed by atoms with Crippen LogP contribution in [0.2, 0.25) is 0 Å². The first-order valence-corrected chi connectivity index (χ1v) is 7.66. The van der Waals surface area contributed by atoms with Crippen LogP contribution in [0.5, 0.6) is 0 Å². The highest BCUT2D eigenvalue weighted by molar-refractivity contribution is 7.89. The molecule has 0 radical (unpaired) electrons. The van der Waals surface area contributed by atoms with Crippen LogP contribution >= 0.6 is 0 Å². The van der Waals surface area contributed by atoms with Crippen LogP contribution in [0, 0.1) is 5.82 Å². The standard InChI is InChI=1S/C12H14F4N2O2S/c1-8-7-18(5-4-17-8)21(19,20)11-3-2-9(13)6-10(11)12(14,15)16/h2-3,6,8,17H,4-5,7H2,1H3. The number of hydrogen-bond acceptors (Lipinski definition) is 3. The van der Waals surface area contributed by atoms with Gasteiger partial charge in [-0.15, -0.1) is 0 Å². The molecule has 118 valence electrons. The van der Waals surface area contributed by atoms with Crippen LogP contribution in [0.25, 0.3) is 0 Å². The topological polar surface area (TPSA) is 49.4 Å². The molecular weight excluding hydrogens is 312 g/mol. The number of sulfonamides is 1. The minimum atomic E-state index is -4.94. The largest absolute Gasteiger partial charge is 0.417 e. The Balaban J connectivity index is 2.50. The van der Waals surface area contributed by atoms with Gasteiger partial charge in [0.2, 0.25) is 10.0 Å². The molecule has 1 heterocycles. The molecule has 21 heavy (non-hydrogen) atoms. The van der Waals surface area contributed by atoms with Crippen molar-refractivity contribution in [2.24, 2.45) is 0 Å². The second-order valence-electron chi connectivity index (χ2n) is 4.86. The summed E-state index contributed by atoms with van der Waals surface area (Å²) < 4.78 is 77.6. The van der Waals surface area contributed by atoms with Crippen molar-refractivity contribution >= 4 is 10.0 Å². The van der Waals surface area contributed by atoms with Gasteiger partial charge in [-0.2, -0.15) is 17.5 Å². The highest BCUT2D eigenvalue weighted by atomic mass is 32.2. The summed E-state index contributed by atoms with van der Waals surface area (Å²) in [5, 5.41) is 3.00. The van der Waals surface area contributed by atoms with Gasteiger partial charge >= 0.3 is 6.18 Å². The van der Waals surface area contributed by atoms with E-state index in [1.54, 1.807) is 6.92 Å². The number of nitrogens with one attached hydrogen (secondary N) is 1. The third-order valence-corrected chi connectivity index (χ3v) is 5.12. The summed E-state index contributed by atoms with van der Waals surface area (Å²) in [7, 11) is -4.32. The zero-order chi connectivity index (χ0) is 15.8. The first kappa shape index (κ1) is 16.2. The lowest BCUT2D eigenvalue weighted by Gasteiger charge is -2.31. The zero-order valence-corrected chi connectivity index (χ0v) is 11.9. The minimum absolute atomic E-state index is 0.0665. The molecule has 1 aliphatic heterocycles. The molecule has 1 aromatic rings. The van der Waals surface area contributed by atoms with Gasteiger partial charge in [0, 0.05) is 25.7 Å². The van der Waals surface area contributed by atoms with Gasteiger partial charge in [0.25, 0.3) is 0 Å². The molecule has 1 fully saturated rings. The molecular formula is C12H14F4N2O2S. The van der Waals surface area contributed by atoms with Crippen LogP contribution in [-0.4, -0.2) is 38.4 Å². The van der Waals surface area contributed by atoms with E-state index in [4.69, 9.17) is 0 Å². The van der Waals surface area contributed by atoms with Crippen molar-refractivity contribution in [2.75, 3.05) is 19.6 Å². The second kappa shape index (κ2) is 5.54. The molecule has 1 N–H and O–H groups in total. The highest BCUT2D eigenvalue weighted by Gasteiger charge is 2.40. The van der Waals surface area contributed by atoms with Crippen molar-refractivity contribution in [2.45, 2.75) is 24.0 Å². The highest BCUT2D eigenvalue weighted by Crippen LogP contribution is 2.35. The van der Waals surface area contributed by atoms with Gasteiger partial charge < -0.3 is 5.32 Å². The third-order valence-electron chi connectivity index (χ3n) is 3.20. The number of piperazine rings is 1. The summed E-state index contributed by atoms with van der Waals surface area (Å²) in [4.78, 5) is -0.912. The normalized spacial score (nSPS) is 21.5. The van der Waals surface area contributed by atoms with E-state index in [-0.39, 0.29) is 25.2 Å². The quantitative estimate of drug-likeness (QED) is 0.844. The van der Waals surface area contributed by atoms with Gasteiger partial charge in [-0.05, 0) is 25.1 Å². The summed E-state index contributed by atoms with van der Waals surface area (Å²) in [6, 6.07) is 1.43. The SMILES string of the molecule is CC1CN(S(=O)(=O)c2ccc(F)cc2C(F)(F)F)CCN1. The van der Waals surface area contributed by atoms with Crippen LogP contribution in [0.4, 0.5) is 17.6 Å². The van der Waals surface area contributed by atoms with Crippen molar-refractivity contribution in [3.05, 3.63) is 29.6 Å². The third kappa shape index (κ3) is 3.35. The van der Waals surface area contributed by atoms with E-state index >= 15 is 0 Å². The second-order valence-corrected chi connectivity index (χ2v) is 6.76.